The molecule has 0 unspecified atom stereocenters. The third-order valence-electron chi connectivity index (χ3n) is 7.57. The zero-order valence-corrected chi connectivity index (χ0v) is 21.7. The molecule has 38 heavy (non-hydrogen) atoms. The molecule has 0 radical (unpaired) electrons. The van der Waals surface area contributed by atoms with Gasteiger partial charge in [0.25, 0.3) is 5.91 Å². The van der Waals surface area contributed by atoms with E-state index in [0.717, 1.165) is 36.0 Å². The highest BCUT2D eigenvalue weighted by molar-refractivity contribution is 6.01. The molecular weight excluding hydrogens is 479 g/mol. The van der Waals surface area contributed by atoms with E-state index in [1.54, 1.807) is 30.2 Å². The van der Waals surface area contributed by atoms with E-state index in [4.69, 9.17) is 4.74 Å². The first-order chi connectivity index (χ1) is 18.5. The fourth-order valence-corrected chi connectivity index (χ4v) is 5.60. The number of benzene rings is 3. The molecule has 0 saturated heterocycles. The SMILES string of the molecule is COc1ccc([C@@H]2[C@H](C(=O)NCCC3=CCCCC3)c3ccccc3C(=O)N2Cc2ccc(F)cc2)cc1. The van der Waals surface area contributed by atoms with Crippen molar-refractivity contribution in [2.45, 2.75) is 50.6 Å². The molecule has 3 aromatic carbocycles. The van der Waals surface area contributed by atoms with Crippen molar-refractivity contribution in [2.24, 2.45) is 0 Å². The zero-order chi connectivity index (χ0) is 26.5. The number of halogens is 1. The molecule has 0 spiro atoms. The highest BCUT2D eigenvalue weighted by Crippen LogP contribution is 2.44. The Morgan fingerprint density at radius 2 is 1.79 bits per heavy atom. The van der Waals surface area contributed by atoms with Gasteiger partial charge < -0.3 is 15.0 Å². The predicted molar refractivity (Wildman–Crippen MR) is 145 cm³/mol. The second-order valence-corrected chi connectivity index (χ2v) is 9.99. The molecule has 0 saturated carbocycles. The maximum absolute atomic E-state index is 13.9. The lowest BCUT2D eigenvalue weighted by molar-refractivity contribution is -0.124. The van der Waals surface area contributed by atoms with Crippen LogP contribution in [0.2, 0.25) is 0 Å². The van der Waals surface area contributed by atoms with Crippen LogP contribution in [0.3, 0.4) is 0 Å². The van der Waals surface area contributed by atoms with Crippen LogP contribution in [0.1, 0.15) is 71.1 Å². The third kappa shape index (κ3) is 5.49. The van der Waals surface area contributed by atoms with Gasteiger partial charge in [0.15, 0.2) is 0 Å². The van der Waals surface area contributed by atoms with Gasteiger partial charge in [-0.05, 0) is 79.1 Å². The number of nitrogens with one attached hydrogen (secondary N) is 1. The number of carbonyl (C=O) groups is 2. The molecule has 0 aromatic heterocycles. The Labute approximate surface area is 223 Å². The average molecular weight is 513 g/mol. The van der Waals surface area contributed by atoms with E-state index in [-0.39, 0.29) is 24.2 Å². The van der Waals surface area contributed by atoms with Crippen molar-refractivity contribution in [2.75, 3.05) is 13.7 Å². The Hall–Kier alpha value is -3.93. The van der Waals surface area contributed by atoms with E-state index >= 15 is 0 Å². The molecule has 1 aliphatic carbocycles. The first kappa shape index (κ1) is 25.7. The van der Waals surface area contributed by atoms with Gasteiger partial charge in [-0.2, -0.15) is 0 Å². The van der Waals surface area contributed by atoms with Gasteiger partial charge in [-0.15, -0.1) is 0 Å². The Balaban J connectivity index is 1.52. The number of carbonyl (C=O) groups excluding carboxylic acids is 2. The number of nitrogens with zero attached hydrogens (tertiary/aromatic N) is 1. The Morgan fingerprint density at radius 3 is 2.50 bits per heavy atom. The standard InChI is InChI=1S/C32H33FN2O3/c1-38-26-17-13-24(14-18-26)30-29(31(36)34-20-19-22-7-3-2-4-8-22)27-9-5-6-10-28(27)32(37)35(30)21-23-11-15-25(33)16-12-23/h5-7,9-18,29-30H,2-4,8,19-21H2,1H3,(H,34,36)/t29-,30-/m1/s1. The van der Waals surface area contributed by atoms with E-state index in [0.29, 0.717) is 17.9 Å². The number of hydrogen-bond donors (Lipinski definition) is 1. The monoisotopic (exact) mass is 512 g/mol. The normalized spacial score (nSPS) is 18.9. The van der Waals surface area contributed by atoms with Crippen molar-refractivity contribution in [1.82, 2.24) is 10.2 Å². The van der Waals surface area contributed by atoms with Crippen LogP contribution in [-0.2, 0) is 11.3 Å². The molecule has 0 bridgehead atoms. The summed E-state index contributed by atoms with van der Waals surface area (Å²) in [4.78, 5) is 29.5. The van der Waals surface area contributed by atoms with Crippen LogP contribution < -0.4 is 10.1 Å². The number of methoxy groups -OCH3 is 1. The van der Waals surface area contributed by atoms with Crippen LogP contribution in [0.15, 0.2) is 84.4 Å². The lowest BCUT2D eigenvalue weighted by Crippen LogP contribution is -2.47. The van der Waals surface area contributed by atoms with Crippen molar-refractivity contribution in [3.05, 3.63) is 113 Å². The van der Waals surface area contributed by atoms with Gasteiger partial charge in [0, 0.05) is 18.7 Å². The minimum absolute atomic E-state index is 0.105. The molecule has 2 atom stereocenters. The smallest absolute Gasteiger partial charge is 0.255 e. The summed E-state index contributed by atoms with van der Waals surface area (Å²) in [5.74, 6) is -0.490. The molecule has 2 amide bonds. The molecule has 1 heterocycles. The summed E-state index contributed by atoms with van der Waals surface area (Å²) >= 11 is 0. The highest BCUT2D eigenvalue weighted by Gasteiger charge is 2.44. The van der Waals surface area contributed by atoms with Gasteiger partial charge >= 0.3 is 0 Å². The lowest BCUT2D eigenvalue weighted by atomic mass is 9.79. The first-order valence-electron chi connectivity index (χ1n) is 13.3. The van der Waals surface area contributed by atoms with Crippen LogP contribution in [0.25, 0.3) is 0 Å². The zero-order valence-electron chi connectivity index (χ0n) is 21.7. The molecule has 2 aliphatic rings. The minimum Gasteiger partial charge on any atom is -0.497 e. The van der Waals surface area contributed by atoms with Crippen LogP contribution in [-0.4, -0.2) is 30.4 Å². The van der Waals surface area contributed by atoms with E-state index < -0.39 is 12.0 Å². The van der Waals surface area contributed by atoms with Crippen LogP contribution in [0.4, 0.5) is 4.39 Å². The van der Waals surface area contributed by atoms with E-state index in [1.165, 1.54) is 30.5 Å². The Kier molecular flexibility index (Phi) is 7.87. The summed E-state index contributed by atoms with van der Waals surface area (Å²) in [6.45, 7) is 0.811. The van der Waals surface area contributed by atoms with Crippen LogP contribution in [0, 0.1) is 5.82 Å². The van der Waals surface area contributed by atoms with Crippen molar-refractivity contribution >= 4 is 11.8 Å². The number of hydrogen-bond acceptors (Lipinski definition) is 3. The maximum atomic E-state index is 13.9. The fraction of sp³-hybridized carbons (Fsp3) is 0.312. The van der Waals surface area contributed by atoms with Crippen molar-refractivity contribution < 1.29 is 18.7 Å². The molecule has 6 heteroatoms. The van der Waals surface area contributed by atoms with Crippen LogP contribution >= 0.6 is 0 Å². The van der Waals surface area contributed by atoms with Crippen LogP contribution in [0.5, 0.6) is 5.75 Å². The summed E-state index contributed by atoms with van der Waals surface area (Å²) in [6, 6.07) is 20.5. The van der Waals surface area contributed by atoms with E-state index in [9.17, 15) is 14.0 Å². The Morgan fingerprint density at radius 1 is 1.03 bits per heavy atom. The predicted octanol–water partition coefficient (Wildman–Crippen LogP) is 6.32. The fourth-order valence-electron chi connectivity index (χ4n) is 5.60. The quantitative estimate of drug-likeness (QED) is 0.359. The summed E-state index contributed by atoms with van der Waals surface area (Å²) in [7, 11) is 1.61. The van der Waals surface area contributed by atoms with Gasteiger partial charge in [-0.1, -0.05) is 54.1 Å². The van der Waals surface area contributed by atoms with Crippen molar-refractivity contribution in [3.63, 3.8) is 0 Å². The summed E-state index contributed by atoms with van der Waals surface area (Å²) in [5, 5.41) is 3.18. The number of amides is 2. The second-order valence-electron chi connectivity index (χ2n) is 9.99. The maximum Gasteiger partial charge on any atom is 0.255 e. The third-order valence-corrected chi connectivity index (χ3v) is 7.57. The van der Waals surface area contributed by atoms with E-state index in [2.05, 4.69) is 11.4 Å². The second kappa shape index (κ2) is 11.6. The number of rotatable bonds is 8. The molecule has 5 nitrogen and oxygen atoms in total. The molecule has 1 aliphatic heterocycles. The Bertz CT molecular complexity index is 1320. The summed E-state index contributed by atoms with van der Waals surface area (Å²) in [5.41, 5.74) is 4.28. The minimum atomic E-state index is -0.599. The molecule has 3 aromatic rings. The van der Waals surface area contributed by atoms with Gasteiger partial charge in [-0.3, -0.25) is 9.59 Å². The summed E-state index contributed by atoms with van der Waals surface area (Å²) in [6.07, 6.45) is 7.78. The van der Waals surface area contributed by atoms with Crippen molar-refractivity contribution in [1.29, 1.82) is 0 Å². The van der Waals surface area contributed by atoms with E-state index in [1.807, 2.05) is 42.5 Å². The highest BCUT2D eigenvalue weighted by atomic mass is 19.1. The first-order valence-corrected chi connectivity index (χ1v) is 13.3. The van der Waals surface area contributed by atoms with Gasteiger partial charge in [0.2, 0.25) is 5.91 Å². The number of fused-ring (bicyclic) bond motifs is 1. The number of allylic oxidation sites excluding steroid dienone is 1. The largest absolute Gasteiger partial charge is 0.497 e. The molecule has 0 fully saturated rings. The molecule has 1 N–H and O–H groups in total. The summed E-state index contributed by atoms with van der Waals surface area (Å²) < 4.78 is 19.0. The molecular formula is C32H33FN2O3. The van der Waals surface area contributed by atoms with Crippen molar-refractivity contribution in [3.8, 4) is 5.75 Å². The lowest BCUT2D eigenvalue weighted by Gasteiger charge is -2.42. The topological polar surface area (TPSA) is 58.6 Å². The van der Waals surface area contributed by atoms with Gasteiger partial charge in [0.05, 0.1) is 19.1 Å². The number of ether oxygens (including phenoxy) is 1. The molecule has 5 rings (SSSR count). The van der Waals surface area contributed by atoms with Gasteiger partial charge in [-0.25, -0.2) is 4.39 Å². The molecule has 196 valence electrons. The average Bonchev–Trinajstić information content (AvgIpc) is 2.96. The van der Waals surface area contributed by atoms with Gasteiger partial charge in [0.1, 0.15) is 11.6 Å².